The van der Waals surface area contributed by atoms with E-state index in [1.54, 1.807) is 4.57 Å². The minimum absolute atomic E-state index is 0.271. The molecule has 0 fully saturated rings. The van der Waals surface area contributed by atoms with Gasteiger partial charge >= 0.3 is 0 Å². The van der Waals surface area contributed by atoms with Crippen LogP contribution in [-0.2, 0) is 22.4 Å². The zero-order chi connectivity index (χ0) is 17.5. The van der Waals surface area contributed by atoms with Crippen molar-refractivity contribution < 1.29 is 9.47 Å². The third kappa shape index (κ3) is 4.53. The average Bonchev–Trinajstić information content (AvgIpc) is 2.56. The van der Waals surface area contributed by atoms with Gasteiger partial charge in [0.05, 0.1) is 12.1 Å². The number of nitrogens with two attached hydrogens (primary N) is 1. The lowest BCUT2D eigenvalue weighted by Gasteiger charge is -2.19. The molecule has 7 heteroatoms. The number of benzene rings is 1. The number of nitrogens with zero attached hydrogens (tertiary/aromatic N) is 1. The van der Waals surface area contributed by atoms with Crippen LogP contribution in [0.1, 0.15) is 25.0 Å². The number of nitrogen functional groups attached to an aromatic ring is 1. The summed E-state index contributed by atoms with van der Waals surface area (Å²) in [6, 6.07) is 9.80. The van der Waals surface area contributed by atoms with Crippen LogP contribution in [-0.4, -0.2) is 29.1 Å². The van der Waals surface area contributed by atoms with Crippen LogP contribution in [0.5, 0.6) is 0 Å². The molecule has 1 heterocycles. The first-order valence-corrected chi connectivity index (χ1v) is 8.36. The van der Waals surface area contributed by atoms with Crippen LogP contribution in [0.2, 0.25) is 0 Å². The Bertz CT molecular complexity index is 765. The second kappa shape index (κ2) is 8.77. The number of aromatic amines is 1. The van der Waals surface area contributed by atoms with Crippen LogP contribution < -0.4 is 11.3 Å². The van der Waals surface area contributed by atoms with E-state index in [-0.39, 0.29) is 12.0 Å². The zero-order valence-electron chi connectivity index (χ0n) is 14.0. The second-order valence-electron chi connectivity index (χ2n) is 5.24. The van der Waals surface area contributed by atoms with Gasteiger partial charge < -0.3 is 19.8 Å². The minimum Gasteiger partial charge on any atom is -0.385 e. The average molecular weight is 349 g/mol. The molecule has 0 saturated carbocycles. The van der Waals surface area contributed by atoms with Gasteiger partial charge in [-0.3, -0.25) is 9.78 Å². The molecule has 3 N–H and O–H groups in total. The number of hydrogen-bond donors (Lipinski definition) is 2. The SMILES string of the molecule is CCOC(Cc1c(N)n(Cc2ccccc2)c(=S)[nH]c1=O)OCC. The lowest BCUT2D eigenvalue weighted by molar-refractivity contribution is -0.134. The number of hydrogen-bond acceptors (Lipinski definition) is 5. The summed E-state index contributed by atoms with van der Waals surface area (Å²) in [5.74, 6) is 0.344. The van der Waals surface area contributed by atoms with E-state index >= 15 is 0 Å². The standard InChI is InChI=1S/C17H23N3O3S/c1-3-22-14(23-4-2)10-13-15(18)20(17(24)19-16(13)21)11-12-8-6-5-7-9-12/h5-9,14H,3-4,10-11,18H2,1-2H3,(H,19,21,24). The van der Waals surface area contributed by atoms with E-state index in [0.717, 1.165) is 5.56 Å². The first kappa shape index (κ1) is 18.4. The largest absolute Gasteiger partial charge is 0.385 e. The van der Waals surface area contributed by atoms with Crippen LogP contribution in [0, 0.1) is 4.77 Å². The number of ether oxygens (including phenoxy) is 2. The van der Waals surface area contributed by atoms with Crippen molar-refractivity contribution in [3.05, 3.63) is 56.6 Å². The molecular formula is C17H23N3O3S. The van der Waals surface area contributed by atoms with Gasteiger partial charge in [-0.25, -0.2) is 0 Å². The first-order valence-electron chi connectivity index (χ1n) is 7.95. The summed E-state index contributed by atoms with van der Waals surface area (Å²) in [4.78, 5) is 15.0. The van der Waals surface area contributed by atoms with Crippen molar-refractivity contribution in [1.29, 1.82) is 0 Å². The van der Waals surface area contributed by atoms with E-state index in [1.807, 2.05) is 44.2 Å². The Morgan fingerprint density at radius 2 is 1.83 bits per heavy atom. The summed E-state index contributed by atoms with van der Waals surface area (Å²) in [5, 5.41) is 0. The van der Waals surface area contributed by atoms with Crippen molar-refractivity contribution in [2.24, 2.45) is 0 Å². The predicted molar refractivity (Wildman–Crippen MR) is 96.6 cm³/mol. The first-order chi connectivity index (χ1) is 11.6. The number of rotatable bonds is 8. The molecule has 0 atom stereocenters. The van der Waals surface area contributed by atoms with Crippen LogP contribution in [0.25, 0.3) is 0 Å². The summed E-state index contributed by atoms with van der Waals surface area (Å²) >= 11 is 5.27. The molecule has 2 aromatic rings. The smallest absolute Gasteiger partial charge is 0.257 e. The van der Waals surface area contributed by atoms with Gasteiger partial charge in [-0.1, -0.05) is 30.3 Å². The van der Waals surface area contributed by atoms with E-state index in [4.69, 9.17) is 27.4 Å². The van der Waals surface area contributed by atoms with Crippen LogP contribution in [0.15, 0.2) is 35.1 Å². The van der Waals surface area contributed by atoms with E-state index < -0.39 is 6.29 Å². The van der Waals surface area contributed by atoms with Gasteiger partial charge in [-0.15, -0.1) is 0 Å². The highest BCUT2D eigenvalue weighted by atomic mass is 32.1. The summed E-state index contributed by atoms with van der Waals surface area (Å²) in [6.07, 6.45) is -0.239. The molecular weight excluding hydrogens is 326 g/mol. The lowest BCUT2D eigenvalue weighted by Crippen LogP contribution is -2.29. The molecule has 0 radical (unpaired) electrons. The number of aromatic nitrogens is 2. The summed E-state index contributed by atoms with van der Waals surface area (Å²) in [5.41, 5.74) is 7.41. The fourth-order valence-electron chi connectivity index (χ4n) is 2.45. The van der Waals surface area contributed by atoms with Gasteiger partial charge in [-0.05, 0) is 31.6 Å². The van der Waals surface area contributed by atoms with Crippen LogP contribution >= 0.6 is 12.2 Å². The molecule has 0 saturated heterocycles. The molecule has 0 amide bonds. The second-order valence-corrected chi connectivity index (χ2v) is 5.63. The molecule has 0 bridgehead atoms. The Morgan fingerprint density at radius 3 is 2.42 bits per heavy atom. The fraction of sp³-hybridized carbons (Fsp3) is 0.412. The van der Waals surface area contributed by atoms with E-state index in [1.165, 1.54) is 0 Å². The Hall–Kier alpha value is -1.96. The highest BCUT2D eigenvalue weighted by Gasteiger charge is 2.17. The highest BCUT2D eigenvalue weighted by molar-refractivity contribution is 7.71. The van der Waals surface area contributed by atoms with E-state index in [2.05, 4.69) is 4.98 Å². The summed E-state index contributed by atoms with van der Waals surface area (Å²) in [6.45, 7) is 5.23. The topological polar surface area (TPSA) is 82.3 Å². The maximum atomic E-state index is 12.3. The predicted octanol–water partition coefficient (Wildman–Crippen LogP) is 2.48. The van der Waals surface area contributed by atoms with Gasteiger partial charge in [-0.2, -0.15) is 0 Å². The van der Waals surface area contributed by atoms with Gasteiger partial charge in [0.2, 0.25) is 0 Å². The molecule has 0 aliphatic rings. The third-order valence-electron chi connectivity index (χ3n) is 3.60. The summed E-state index contributed by atoms with van der Waals surface area (Å²) in [7, 11) is 0. The zero-order valence-corrected chi connectivity index (χ0v) is 14.8. The molecule has 0 unspecified atom stereocenters. The van der Waals surface area contributed by atoms with Crippen LogP contribution in [0.4, 0.5) is 5.82 Å². The molecule has 0 aliphatic heterocycles. The molecule has 6 nitrogen and oxygen atoms in total. The van der Waals surface area contributed by atoms with Crippen molar-refractivity contribution in [3.63, 3.8) is 0 Å². The quantitative estimate of drug-likeness (QED) is 0.565. The number of anilines is 1. The minimum atomic E-state index is -0.510. The normalized spacial score (nSPS) is 11.1. The van der Waals surface area contributed by atoms with Crippen LogP contribution in [0.3, 0.4) is 0 Å². The lowest BCUT2D eigenvalue weighted by atomic mass is 10.2. The Kier molecular flexibility index (Phi) is 6.72. The maximum Gasteiger partial charge on any atom is 0.257 e. The van der Waals surface area contributed by atoms with Gasteiger partial charge in [0.15, 0.2) is 11.1 Å². The van der Waals surface area contributed by atoms with Crippen molar-refractivity contribution in [1.82, 2.24) is 9.55 Å². The molecule has 1 aromatic carbocycles. The van der Waals surface area contributed by atoms with Gasteiger partial charge in [0.25, 0.3) is 5.56 Å². The fourth-order valence-corrected chi connectivity index (χ4v) is 2.71. The summed E-state index contributed by atoms with van der Waals surface area (Å²) < 4.78 is 13.1. The third-order valence-corrected chi connectivity index (χ3v) is 3.92. The van der Waals surface area contributed by atoms with E-state index in [0.29, 0.717) is 35.9 Å². The van der Waals surface area contributed by atoms with Gasteiger partial charge in [0, 0.05) is 19.6 Å². The van der Waals surface area contributed by atoms with Crippen molar-refractivity contribution in [2.45, 2.75) is 33.1 Å². The van der Waals surface area contributed by atoms with Gasteiger partial charge in [0.1, 0.15) is 5.82 Å². The Morgan fingerprint density at radius 1 is 1.21 bits per heavy atom. The van der Waals surface area contributed by atoms with Crippen molar-refractivity contribution >= 4 is 18.0 Å². The molecule has 0 spiro atoms. The Labute approximate surface area is 146 Å². The van der Waals surface area contributed by atoms with Crippen molar-refractivity contribution in [2.75, 3.05) is 18.9 Å². The highest BCUT2D eigenvalue weighted by Crippen LogP contribution is 2.14. The molecule has 0 aliphatic carbocycles. The van der Waals surface area contributed by atoms with Crippen molar-refractivity contribution in [3.8, 4) is 0 Å². The molecule has 130 valence electrons. The molecule has 24 heavy (non-hydrogen) atoms. The molecule has 2 rings (SSSR count). The number of H-pyrrole nitrogens is 1. The number of nitrogens with one attached hydrogen (secondary N) is 1. The van der Waals surface area contributed by atoms with E-state index in [9.17, 15) is 4.79 Å². The maximum absolute atomic E-state index is 12.3. The monoisotopic (exact) mass is 349 g/mol. The molecule has 1 aromatic heterocycles. The Balaban J connectivity index is 2.37.